The molecule has 17 heavy (non-hydrogen) atoms. The SMILES string of the molecule is Nc1ccc(Oc2cccc3c2COC3)cc1. The lowest BCUT2D eigenvalue weighted by Crippen LogP contribution is -1.91. The minimum absolute atomic E-state index is 0.625. The third-order valence-corrected chi connectivity index (χ3v) is 2.84. The van der Waals surface area contributed by atoms with Gasteiger partial charge >= 0.3 is 0 Å². The first-order valence-electron chi connectivity index (χ1n) is 5.55. The van der Waals surface area contributed by atoms with Crippen molar-refractivity contribution >= 4 is 5.69 Å². The largest absolute Gasteiger partial charge is 0.457 e. The lowest BCUT2D eigenvalue weighted by Gasteiger charge is -2.09. The molecule has 2 aromatic rings. The summed E-state index contributed by atoms with van der Waals surface area (Å²) in [4.78, 5) is 0. The fraction of sp³-hybridized carbons (Fsp3) is 0.143. The van der Waals surface area contributed by atoms with Crippen LogP contribution in [0.1, 0.15) is 11.1 Å². The van der Waals surface area contributed by atoms with Crippen molar-refractivity contribution in [1.29, 1.82) is 0 Å². The summed E-state index contributed by atoms with van der Waals surface area (Å²) in [6.07, 6.45) is 0. The molecule has 3 heteroatoms. The number of rotatable bonds is 2. The van der Waals surface area contributed by atoms with E-state index in [0.29, 0.717) is 13.2 Å². The fourth-order valence-electron chi connectivity index (χ4n) is 1.93. The first-order chi connectivity index (χ1) is 8.33. The van der Waals surface area contributed by atoms with Crippen molar-refractivity contribution < 1.29 is 9.47 Å². The van der Waals surface area contributed by atoms with Gasteiger partial charge in [-0.05, 0) is 35.9 Å². The number of hydrogen-bond donors (Lipinski definition) is 1. The van der Waals surface area contributed by atoms with E-state index in [0.717, 1.165) is 22.7 Å². The number of hydrogen-bond acceptors (Lipinski definition) is 3. The molecule has 0 spiro atoms. The molecular weight excluding hydrogens is 214 g/mol. The molecule has 0 atom stereocenters. The fourth-order valence-corrected chi connectivity index (χ4v) is 1.93. The van der Waals surface area contributed by atoms with Gasteiger partial charge in [-0.2, -0.15) is 0 Å². The van der Waals surface area contributed by atoms with E-state index >= 15 is 0 Å². The maximum atomic E-state index is 5.84. The van der Waals surface area contributed by atoms with Crippen LogP contribution in [0.25, 0.3) is 0 Å². The van der Waals surface area contributed by atoms with Gasteiger partial charge in [0, 0.05) is 11.3 Å². The Morgan fingerprint density at radius 3 is 2.65 bits per heavy atom. The van der Waals surface area contributed by atoms with Crippen LogP contribution in [0.5, 0.6) is 11.5 Å². The Morgan fingerprint density at radius 1 is 1.00 bits per heavy atom. The molecule has 1 aliphatic rings. The van der Waals surface area contributed by atoms with Crippen molar-refractivity contribution in [3.63, 3.8) is 0 Å². The number of nitrogen functional groups attached to an aromatic ring is 1. The summed E-state index contributed by atoms with van der Waals surface area (Å²) in [7, 11) is 0. The second kappa shape index (κ2) is 4.11. The normalized spacial score (nSPS) is 13.4. The van der Waals surface area contributed by atoms with Crippen molar-refractivity contribution in [3.8, 4) is 11.5 Å². The minimum Gasteiger partial charge on any atom is -0.457 e. The van der Waals surface area contributed by atoms with Crippen LogP contribution in [0.15, 0.2) is 42.5 Å². The molecule has 0 unspecified atom stereocenters. The number of ether oxygens (including phenoxy) is 2. The molecule has 0 bridgehead atoms. The molecular formula is C14H13NO2. The lowest BCUT2D eigenvalue weighted by molar-refractivity contribution is 0.133. The van der Waals surface area contributed by atoms with E-state index in [9.17, 15) is 0 Å². The van der Waals surface area contributed by atoms with Gasteiger partial charge in [0.05, 0.1) is 13.2 Å². The second-order valence-electron chi connectivity index (χ2n) is 4.06. The van der Waals surface area contributed by atoms with E-state index in [1.165, 1.54) is 5.56 Å². The number of nitrogens with two attached hydrogens (primary N) is 1. The van der Waals surface area contributed by atoms with Crippen molar-refractivity contribution in [2.45, 2.75) is 13.2 Å². The lowest BCUT2D eigenvalue weighted by atomic mass is 10.1. The summed E-state index contributed by atoms with van der Waals surface area (Å²) in [5.41, 5.74) is 8.72. The highest BCUT2D eigenvalue weighted by atomic mass is 16.5. The molecule has 1 aliphatic heterocycles. The summed E-state index contributed by atoms with van der Waals surface area (Å²) in [6, 6.07) is 13.4. The molecule has 3 nitrogen and oxygen atoms in total. The molecule has 0 aliphatic carbocycles. The Balaban J connectivity index is 1.91. The topological polar surface area (TPSA) is 44.5 Å². The van der Waals surface area contributed by atoms with Crippen LogP contribution < -0.4 is 10.5 Å². The Bertz CT molecular complexity index is 534. The molecule has 0 aromatic heterocycles. The van der Waals surface area contributed by atoms with Crippen molar-refractivity contribution in [2.75, 3.05) is 5.73 Å². The zero-order valence-electron chi connectivity index (χ0n) is 9.35. The Kier molecular flexibility index (Phi) is 2.46. The third kappa shape index (κ3) is 1.97. The molecule has 2 N–H and O–H groups in total. The van der Waals surface area contributed by atoms with E-state index in [2.05, 4.69) is 6.07 Å². The van der Waals surface area contributed by atoms with Gasteiger partial charge in [-0.15, -0.1) is 0 Å². The van der Waals surface area contributed by atoms with E-state index in [1.807, 2.05) is 36.4 Å². The number of fused-ring (bicyclic) bond motifs is 1. The quantitative estimate of drug-likeness (QED) is 0.802. The van der Waals surface area contributed by atoms with Crippen molar-refractivity contribution in [1.82, 2.24) is 0 Å². The van der Waals surface area contributed by atoms with Crippen LogP contribution in [0.2, 0.25) is 0 Å². The van der Waals surface area contributed by atoms with Crippen LogP contribution in [0, 0.1) is 0 Å². The summed E-state index contributed by atoms with van der Waals surface area (Å²) in [6.45, 7) is 1.30. The number of anilines is 1. The highest BCUT2D eigenvalue weighted by Gasteiger charge is 2.16. The Morgan fingerprint density at radius 2 is 1.82 bits per heavy atom. The molecule has 0 saturated carbocycles. The molecule has 0 fully saturated rings. The molecule has 2 aromatic carbocycles. The van der Waals surface area contributed by atoms with Gasteiger partial charge < -0.3 is 15.2 Å². The van der Waals surface area contributed by atoms with E-state index in [-0.39, 0.29) is 0 Å². The van der Waals surface area contributed by atoms with E-state index in [4.69, 9.17) is 15.2 Å². The van der Waals surface area contributed by atoms with Gasteiger partial charge in [-0.3, -0.25) is 0 Å². The van der Waals surface area contributed by atoms with Gasteiger partial charge in [0.15, 0.2) is 0 Å². The number of benzene rings is 2. The predicted molar refractivity (Wildman–Crippen MR) is 65.9 cm³/mol. The van der Waals surface area contributed by atoms with E-state index < -0.39 is 0 Å². The van der Waals surface area contributed by atoms with Crippen LogP contribution in [0.4, 0.5) is 5.69 Å². The van der Waals surface area contributed by atoms with Crippen molar-refractivity contribution in [2.24, 2.45) is 0 Å². The highest BCUT2D eigenvalue weighted by molar-refractivity contribution is 5.46. The Labute approximate surface area is 99.8 Å². The second-order valence-corrected chi connectivity index (χ2v) is 4.06. The van der Waals surface area contributed by atoms with Crippen LogP contribution in [-0.2, 0) is 18.0 Å². The summed E-state index contributed by atoms with van der Waals surface area (Å²) >= 11 is 0. The van der Waals surface area contributed by atoms with Crippen LogP contribution in [0.3, 0.4) is 0 Å². The first-order valence-corrected chi connectivity index (χ1v) is 5.55. The molecule has 0 amide bonds. The van der Waals surface area contributed by atoms with Crippen LogP contribution in [-0.4, -0.2) is 0 Å². The maximum Gasteiger partial charge on any atom is 0.133 e. The average molecular weight is 227 g/mol. The molecule has 0 radical (unpaired) electrons. The molecule has 3 rings (SSSR count). The van der Waals surface area contributed by atoms with Crippen LogP contribution >= 0.6 is 0 Å². The standard InChI is InChI=1S/C14H13NO2/c15-11-4-6-12(7-5-11)17-14-3-1-2-10-8-16-9-13(10)14/h1-7H,8-9,15H2. The summed E-state index contributed by atoms with van der Waals surface area (Å²) in [5.74, 6) is 1.66. The van der Waals surface area contributed by atoms with Gasteiger partial charge in [-0.1, -0.05) is 12.1 Å². The molecule has 0 saturated heterocycles. The molecule has 86 valence electrons. The average Bonchev–Trinajstić information content (AvgIpc) is 2.81. The smallest absolute Gasteiger partial charge is 0.133 e. The third-order valence-electron chi connectivity index (χ3n) is 2.84. The van der Waals surface area contributed by atoms with E-state index in [1.54, 1.807) is 0 Å². The zero-order chi connectivity index (χ0) is 11.7. The van der Waals surface area contributed by atoms with Gasteiger partial charge in [0.25, 0.3) is 0 Å². The predicted octanol–water partition coefficient (Wildman–Crippen LogP) is 3.09. The molecule has 1 heterocycles. The summed E-state index contributed by atoms with van der Waals surface area (Å²) < 4.78 is 11.3. The van der Waals surface area contributed by atoms with Gasteiger partial charge in [0.2, 0.25) is 0 Å². The highest BCUT2D eigenvalue weighted by Crippen LogP contribution is 2.32. The minimum atomic E-state index is 0.625. The van der Waals surface area contributed by atoms with Crippen molar-refractivity contribution in [3.05, 3.63) is 53.6 Å². The zero-order valence-corrected chi connectivity index (χ0v) is 9.35. The Hall–Kier alpha value is -2.00. The van der Waals surface area contributed by atoms with Gasteiger partial charge in [0.1, 0.15) is 11.5 Å². The monoisotopic (exact) mass is 227 g/mol. The summed E-state index contributed by atoms with van der Waals surface area (Å²) in [5, 5.41) is 0. The first kappa shape index (κ1) is 10.2. The maximum absolute atomic E-state index is 5.84. The van der Waals surface area contributed by atoms with Gasteiger partial charge in [-0.25, -0.2) is 0 Å².